The van der Waals surface area contributed by atoms with Crippen LogP contribution in [0.3, 0.4) is 0 Å². The third-order valence-corrected chi connectivity index (χ3v) is 4.95. The Morgan fingerprint density at radius 2 is 1.90 bits per heavy atom. The lowest BCUT2D eigenvalue weighted by Gasteiger charge is -2.10. The van der Waals surface area contributed by atoms with E-state index in [1.54, 1.807) is 6.92 Å². The van der Waals surface area contributed by atoms with Crippen molar-refractivity contribution in [3.63, 3.8) is 0 Å². The molecule has 1 unspecified atom stereocenters. The highest BCUT2D eigenvalue weighted by Crippen LogP contribution is 2.21. The molecule has 2 N–H and O–H groups in total. The monoisotopic (exact) mass is 406 g/mol. The maximum Gasteiger partial charge on any atom is 0.280 e. The van der Waals surface area contributed by atoms with Crippen LogP contribution in [0.5, 0.6) is 5.75 Å². The summed E-state index contributed by atoms with van der Waals surface area (Å²) in [7, 11) is 0. The lowest BCUT2D eigenvalue weighted by Crippen LogP contribution is -2.25. The molecule has 1 heterocycles. The van der Waals surface area contributed by atoms with Gasteiger partial charge in [0.15, 0.2) is 6.61 Å². The van der Waals surface area contributed by atoms with Crippen molar-refractivity contribution in [1.29, 1.82) is 0 Å². The molecule has 7 heteroatoms. The standard InChI is InChI=1S/C23H26N4O3/c1-4-16(2)18-10-12-20(13-11-18)30-15-22(28)25-24-14-21-17(3)26-27(23(21)29)19-8-6-5-7-9-19/h5-14,16,26H,4,15H2,1-3H3,(H,25,28)/b24-14+. The summed E-state index contributed by atoms with van der Waals surface area (Å²) < 4.78 is 6.93. The second kappa shape index (κ2) is 9.73. The Morgan fingerprint density at radius 3 is 2.57 bits per heavy atom. The third kappa shape index (κ3) is 5.05. The van der Waals surface area contributed by atoms with Crippen LogP contribution in [0.15, 0.2) is 64.5 Å². The van der Waals surface area contributed by atoms with E-state index in [0.717, 1.165) is 12.1 Å². The zero-order valence-corrected chi connectivity index (χ0v) is 17.4. The number of carbonyl (C=O) groups is 1. The molecule has 1 amide bonds. The fourth-order valence-electron chi connectivity index (χ4n) is 2.95. The van der Waals surface area contributed by atoms with Gasteiger partial charge >= 0.3 is 0 Å². The van der Waals surface area contributed by atoms with Gasteiger partial charge in [0, 0.05) is 5.69 Å². The summed E-state index contributed by atoms with van der Waals surface area (Å²) in [5.41, 5.74) is 5.14. The fraction of sp³-hybridized carbons (Fsp3) is 0.261. The quantitative estimate of drug-likeness (QED) is 0.443. The van der Waals surface area contributed by atoms with E-state index in [-0.39, 0.29) is 12.2 Å². The average molecular weight is 406 g/mol. The van der Waals surface area contributed by atoms with Gasteiger partial charge in [0.2, 0.25) is 0 Å². The molecule has 0 aliphatic heterocycles. The van der Waals surface area contributed by atoms with Crippen LogP contribution < -0.4 is 15.7 Å². The third-order valence-electron chi connectivity index (χ3n) is 4.95. The molecule has 0 saturated heterocycles. The Labute approximate surface area is 175 Å². The van der Waals surface area contributed by atoms with Crippen LogP contribution in [0.1, 0.15) is 43.0 Å². The number of aromatic amines is 1. The summed E-state index contributed by atoms with van der Waals surface area (Å²) in [5, 5.41) is 6.90. The van der Waals surface area contributed by atoms with Gasteiger partial charge in [-0.3, -0.25) is 14.7 Å². The van der Waals surface area contributed by atoms with Gasteiger partial charge in [0.25, 0.3) is 11.5 Å². The fourth-order valence-corrected chi connectivity index (χ4v) is 2.95. The number of nitrogens with one attached hydrogen (secondary N) is 2. The van der Waals surface area contributed by atoms with Crippen LogP contribution in [-0.2, 0) is 4.79 Å². The van der Waals surface area contributed by atoms with Gasteiger partial charge in [-0.15, -0.1) is 0 Å². The zero-order valence-electron chi connectivity index (χ0n) is 17.4. The molecule has 156 valence electrons. The van der Waals surface area contributed by atoms with Crippen molar-refractivity contribution in [2.45, 2.75) is 33.1 Å². The highest BCUT2D eigenvalue weighted by Gasteiger charge is 2.10. The van der Waals surface area contributed by atoms with E-state index >= 15 is 0 Å². The maximum atomic E-state index is 12.6. The molecular formula is C23H26N4O3. The Morgan fingerprint density at radius 1 is 1.20 bits per heavy atom. The molecule has 0 radical (unpaired) electrons. The first kappa shape index (κ1) is 21.1. The number of rotatable bonds is 8. The van der Waals surface area contributed by atoms with Crippen LogP contribution in [-0.4, -0.2) is 28.5 Å². The number of H-pyrrole nitrogens is 1. The van der Waals surface area contributed by atoms with Gasteiger partial charge in [0.05, 0.1) is 17.5 Å². The van der Waals surface area contributed by atoms with Crippen molar-refractivity contribution in [3.8, 4) is 11.4 Å². The van der Waals surface area contributed by atoms with Crippen LogP contribution >= 0.6 is 0 Å². The smallest absolute Gasteiger partial charge is 0.280 e. The summed E-state index contributed by atoms with van der Waals surface area (Å²) in [5.74, 6) is 0.697. The summed E-state index contributed by atoms with van der Waals surface area (Å²) in [4.78, 5) is 24.6. The molecule has 2 aromatic carbocycles. The first-order chi connectivity index (χ1) is 14.5. The summed E-state index contributed by atoms with van der Waals surface area (Å²) in [6, 6.07) is 17.0. The van der Waals surface area contributed by atoms with Crippen molar-refractivity contribution >= 4 is 12.1 Å². The minimum atomic E-state index is -0.408. The van der Waals surface area contributed by atoms with Gasteiger partial charge in [-0.1, -0.05) is 44.2 Å². The predicted molar refractivity (Wildman–Crippen MR) is 118 cm³/mol. The van der Waals surface area contributed by atoms with Crippen molar-refractivity contribution in [2.75, 3.05) is 6.61 Å². The van der Waals surface area contributed by atoms with Crippen LogP contribution in [0, 0.1) is 6.92 Å². The molecule has 0 spiro atoms. The number of benzene rings is 2. The van der Waals surface area contributed by atoms with E-state index in [2.05, 4.69) is 29.5 Å². The Balaban J connectivity index is 1.56. The highest BCUT2D eigenvalue weighted by atomic mass is 16.5. The number of aromatic nitrogens is 2. The van der Waals surface area contributed by atoms with E-state index < -0.39 is 5.91 Å². The lowest BCUT2D eigenvalue weighted by atomic mass is 9.99. The molecule has 0 fully saturated rings. The van der Waals surface area contributed by atoms with E-state index in [4.69, 9.17) is 4.74 Å². The second-order valence-electron chi connectivity index (χ2n) is 7.09. The zero-order chi connectivity index (χ0) is 21.5. The molecule has 7 nitrogen and oxygen atoms in total. The summed E-state index contributed by atoms with van der Waals surface area (Å²) >= 11 is 0. The van der Waals surface area contributed by atoms with E-state index in [0.29, 0.717) is 22.9 Å². The molecule has 3 rings (SSSR count). The van der Waals surface area contributed by atoms with Crippen LogP contribution in [0.25, 0.3) is 5.69 Å². The minimum absolute atomic E-state index is 0.166. The van der Waals surface area contributed by atoms with Crippen LogP contribution in [0.2, 0.25) is 0 Å². The second-order valence-corrected chi connectivity index (χ2v) is 7.09. The molecule has 0 aliphatic rings. The maximum absolute atomic E-state index is 12.6. The molecule has 1 aromatic heterocycles. The Hall–Kier alpha value is -3.61. The van der Waals surface area contributed by atoms with Crippen LogP contribution in [0.4, 0.5) is 0 Å². The number of hydrazone groups is 1. The lowest BCUT2D eigenvalue weighted by molar-refractivity contribution is -0.123. The number of para-hydroxylation sites is 1. The Bertz CT molecular complexity index is 1070. The number of amides is 1. The average Bonchev–Trinajstić information content (AvgIpc) is 3.06. The molecule has 0 saturated carbocycles. The van der Waals surface area contributed by atoms with Gasteiger partial charge in [-0.25, -0.2) is 10.1 Å². The topological polar surface area (TPSA) is 88.5 Å². The number of ether oxygens (including phenoxy) is 1. The number of aryl methyl sites for hydroxylation is 1. The van der Waals surface area contributed by atoms with Gasteiger partial charge < -0.3 is 4.74 Å². The van der Waals surface area contributed by atoms with Crippen molar-refractivity contribution < 1.29 is 9.53 Å². The summed E-state index contributed by atoms with van der Waals surface area (Å²) in [6.45, 7) is 5.92. The van der Waals surface area contributed by atoms with Gasteiger partial charge in [-0.05, 0) is 49.1 Å². The van der Waals surface area contributed by atoms with Crippen molar-refractivity contribution in [3.05, 3.63) is 81.8 Å². The van der Waals surface area contributed by atoms with E-state index in [1.165, 1.54) is 16.5 Å². The molecule has 30 heavy (non-hydrogen) atoms. The normalized spacial score (nSPS) is 12.1. The minimum Gasteiger partial charge on any atom is -0.484 e. The first-order valence-corrected chi connectivity index (χ1v) is 9.91. The molecule has 0 aliphatic carbocycles. The highest BCUT2D eigenvalue weighted by molar-refractivity contribution is 5.83. The predicted octanol–water partition coefficient (Wildman–Crippen LogP) is 3.52. The largest absolute Gasteiger partial charge is 0.484 e. The number of carbonyl (C=O) groups excluding carboxylic acids is 1. The number of nitrogens with zero attached hydrogens (tertiary/aromatic N) is 2. The van der Waals surface area contributed by atoms with Gasteiger partial charge in [0.1, 0.15) is 5.75 Å². The van der Waals surface area contributed by atoms with E-state index in [1.807, 2.05) is 54.6 Å². The van der Waals surface area contributed by atoms with Crippen molar-refractivity contribution in [2.24, 2.45) is 5.10 Å². The Kier molecular flexibility index (Phi) is 6.85. The summed E-state index contributed by atoms with van der Waals surface area (Å²) in [6.07, 6.45) is 2.41. The molecule has 3 aromatic rings. The van der Waals surface area contributed by atoms with Crippen molar-refractivity contribution in [1.82, 2.24) is 15.2 Å². The molecule has 0 bridgehead atoms. The molecule has 1 atom stereocenters. The first-order valence-electron chi connectivity index (χ1n) is 9.91. The SMILES string of the molecule is CCC(C)c1ccc(OCC(=O)N/N=C/c2c(C)[nH]n(-c3ccccc3)c2=O)cc1. The molecular weight excluding hydrogens is 380 g/mol. The van der Waals surface area contributed by atoms with E-state index in [9.17, 15) is 9.59 Å². The number of hydrogen-bond donors (Lipinski definition) is 2. The number of hydrogen-bond acceptors (Lipinski definition) is 4. The van der Waals surface area contributed by atoms with Gasteiger partial charge in [-0.2, -0.15) is 5.10 Å².